The van der Waals surface area contributed by atoms with Crippen molar-refractivity contribution < 1.29 is 9.59 Å². The van der Waals surface area contributed by atoms with E-state index in [1.54, 1.807) is 0 Å². The number of carbonyl (C=O) groups is 2. The van der Waals surface area contributed by atoms with Crippen LogP contribution < -0.4 is 5.32 Å². The molecule has 2 aliphatic rings. The second-order valence-electron chi connectivity index (χ2n) is 9.64. The van der Waals surface area contributed by atoms with Gasteiger partial charge in [-0.05, 0) is 78.6 Å². The molecule has 1 aliphatic carbocycles. The Labute approximate surface area is 196 Å². The van der Waals surface area contributed by atoms with Crippen LogP contribution in [0.2, 0.25) is 0 Å². The quantitative estimate of drug-likeness (QED) is 0.493. The Morgan fingerprint density at radius 1 is 0.939 bits per heavy atom. The summed E-state index contributed by atoms with van der Waals surface area (Å²) in [5.74, 6) is -0.0109. The number of hydrogen-bond donors (Lipinski definition) is 1. The Kier molecular flexibility index (Phi) is 5.92. The molecule has 170 valence electrons. The van der Waals surface area contributed by atoms with Crippen molar-refractivity contribution >= 4 is 28.3 Å². The zero-order chi connectivity index (χ0) is 22.8. The molecule has 2 atom stereocenters. The monoisotopic (exact) mass is 440 g/mol. The fraction of sp³-hybridized carbons (Fsp3) is 0.379. The summed E-state index contributed by atoms with van der Waals surface area (Å²) in [5, 5.41) is 4.96. The molecule has 0 spiro atoms. The number of benzene rings is 3. The number of amides is 2. The van der Waals surface area contributed by atoms with Crippen LogP contribution in [0, 0.1) is 5.41 Å². The van der Waals surface area contributed by atoms with Crippen LogP contribution in [0.15, 0.2) is 66.7 Å². The van der Waals surface area contributed by atoms with Gasteiger partial charge in [0.2, 0.25) is 0 Å². The lowest BCUT2D eigenvalue weighted by atomic mass is 9.63. The Balaban J connectivity index is 1.32. The molecular formula is C29H32N2O2. The molecular weight excluding hydrogens is 408 g/mol. The van der Waals surface area contributed by atoms with Crippen molar-refractivity contribution in [2.45, 2.75) is 57.9 Å². The smallest absolute Gasteiger partial charge is 0.256 e. The topological polar surface area (TPSA) is 49.4 Å². The molecule has 4 nitrogen and oxygen atoms in total. The SMILES string of the molecule is CCC12CCCCC1N(C(=O)c1ccc(NC(=O)c3cccc4ccccc34)cc1)CCC2. The van der Waals surface area contributed by atoms with Crippen LogP contribution in [0.3, 0.4) is 0 Å². The maximum absolute atomic E-state index is 13.5. The zero-order valence-corrected chi connectivity index (χ0v) is 19.3. The van der Waals surface area contributed by atoms with E-state index in [0.717, 1.165) is 36.6 Å². The Hall–Kier alpha value is -3.14. The lowest BCUT2D eigenvalue weighted by Crippen LogP contribution is -2.55. The Bertz CT molecular complexity index is 1160. The summed E-state index contributed by atoms with van der Waals surface area (Å²) >= 11 is 0. The van der Waals surface area contributed by atoms with E-state index in [-0.39, 0.29) is 11.8 Å². The van der Waals surface area contributed by atoms with E-state index in [2.05, 4.69) is 17.1 Å². The summed E-state index contributed by atoms with van der Waals surface area (Å²) in [5.41, 5.74) is 2.35. The average Bonchev–Trinajstić information content (AvgIpc) is 2.88. The van der Waals surface area contributed by atoms with Crippen LogP contribution in [0.5, 0.6) is 0 Å². The van der Waals surface area contributed by atoms with Crippen LogP contribution in [-0.4, -0.2) is 29.3 Å². The van der Waals surface area contributed by atoms with Gasteiger partial charge in [0.05, 0.1) is 0 Å². The van der Waals surface area contributed by atoms with Crippen molar-refractivity contribution in [1.82, 2.24) is 4.90 Å². The van der Waals surface area contributed by atoms with Gasteiger partial charge < -0.3 is 10.2 Å². The van der Waals surface area contributed by atoms with Gasteiger partial charge in [-0.25, -0.2) is 0 Å². The van der Waals surface area contributed by atoms with Gasteiger partial charge in [0.25, 0.3) is 11.8 Å². The highest BCUT2D eigenvalue weighted by atomic mass is 16.2. The first-order chi connectivity index (χ1) is 16.1. The van der Waals surface area contributed by atoms with Gasteiger partial charge in [-0.2, -0.15) is 0 Å². The number of likely N-dealkylation sites (tertiary alicyclic amines) is 1. The van der Waals surface area contributed by atoms with Gasteiger partial charge in [-0.15, -0.1) is 0 Å². The molecule has 2 amide bonds. The fourth-order valence-electron chi connectivity index (χ4n) is 6.14. The number of hydrogen-bond acceptors (Lipinski definition) is 2. The van der Waals surface area contributed by atoms with E-state index in [0.29, 0.717) is 28.3 Å². The number of piperidine rings is 1. The first-order valence-corrected chi connectivity index (χ1v) is 12.3. The minimum Gasteiger partial charge on any atom is -0.335 e. The van der Waals surface area contributed by atoms with Gasteiger partial charge >= 0.3 is 0 Å². The molecule has 1 saturated heterocycles. The molecule has 0 aromatic heterocycles. The first kappa shape index (κ1) is 21.7. The summed E-state index contributed by atoms with van der Waals surface area (Å²) in [4.78, 5) is 28.5. The largest absolute Gasteiger partial charge is 0.335 e. The van der Waals surface area contributed by atoms with Crippen LogP contribution in [-0.2, 0) is 0 Å². The summed E-state index contributed by atoms with van der Waals surface area (Å²) in [7, 11) is 0. The fourth-order valence-corrected chi connectivity index (χ4v) is 6.14. The standard InChI is InChI=1S/C29H32N2O2/c1-2-29-18-6-5-13-26(29)31(20-8-19-29)28(33)22-14-16-23(17-15-22)30-27(32)25-12-7-10-21-9-3-4-11-24(21)25/h3-4,7,9-12,14-17,26H,2,5-6,8,13,18-20H2,1H3,(H,30,32). The van der Waals surface area contributed by atoms with E-state index < -0.39 is 0 Å². The first-order valence-electron chi connectivity index (χ1n) is 12.3. The second kappa shape index (κ2) is 9.01. The molecule has 33 heavy (non-hydrogen) atoms. The van der Waals surface area contributed by atoms with Crippen LogP contribution >= 0.6 is 0 Å². The molecule has 5 rings (SSSR count). The Morgan fingerprint density at radius 2 is 1.70 bits per heavy atom. The van der Waals surface area contributed by atoms with Crippen LogP contribution in [0.4, 0.5) is 5.69 Å². The Morgan fingerprint density at radius 3 is 2.52 bits per heavy atom. The molecule has 1 heterocycles. The third-order valence-corrected chi connectivity index (χ3v) is 7.95. The summed E-state index contributed by atoms with van der Waals surface area (Å²) in [6.45, 7) is 3.14. The van der Waals surface area contributed by atoms with Crippen molar-refractivity contribution in [2.75, 3.05) is 11.9 Å². The van der Waals surface area contributed by atoms with Crippen molar-refractivity contribution in [1.29, 1.82) is 0 Å². The van der Waals surface area contributed by atoms with Gasteiger partial charge in [0.15, 0.2) is 0 Å². The predicted molar refractivity (Wildman–Crippen MR) is 134 cm³/mol. The summed E-state index contributed by atoms with van der Waals surface area (Å²) in [6.07, 6.45) is 8.37. The molecule has 4 heteroatoms. The highest BCUT2D eigenvalue weighted by molar-refractivity contribution is 6.13. The number of fused-ring (bicyclic) bond motifs is 2. The van der Waals surface area contributed by atoms with Gasteiger partial charge in [0, 0.05) is 29.4 Å². The van der Waals surface area contributed by atoms with E-state index in [4.69, 9.17) is 0 Å². The van der Waals surface area contributed by atoms with Crippen molar-refractivity contribution in [3.63, 3.8) is 0 Å². The van der Waals surface area contributed by atoms with Gasteiger partial charge in [0.1, 0.15) is 0 Å². The maximum atomic E-state index is 13.5. The molecule has 1 aliphatic heterocycles. The third kappa shape index (κ3) is 4.03. The zero-order valence-electron chi connectivity index (χ0n) is 19.3. The lowest BCUT2D eigenvalue weighted by molar-refractivity contribution is -0.0127. The van der Waals surface area contributed by atoms with Crippen LogP contribution in [0.25, 0.3) is 10.8 Å². The number of nitrogens with zero attached hydrogens (tertiary/aromatic N) is 1. The van der Waals surface area contributed by atoms with Crippen molar-refractivity contribution in [3.8, 4) is 0 Å². The highest BCUT2D eigenvalue weighted by Gasteiger charge is 2.46. The van der Waals surface area contributed by atoms with E-state index >= 15 is 0 Å². The maximum Gasteiger partial charge on any atom is 0.256 e. The normalized spacial score (nSPS) is 22.6. The second-order valence-corrected chi connectivity index (χ2v) is 9.64. The summed E-state index contributed by atoms with van der Waals surface area (Å²) in [6, 6.07) is 21.4. The van der Waals surface area contributed by atoms with E-state index in [1.807, 2.05) is 66.7 Å². The minimum atomic E-state index is -0.142. The van der Waals surface area contributed by atoms with Crippen molar-refractivity contribution in [2.24, 2.45) is 5.41 Å². The van der Waals surface area contributed by atoms with Gasteiger partial charge in [-0.1, -0.05) is 56.2 Å². The molecule has 0 bridgehead atoms. The number of rotatable bonds is 4. The highest BCUT2D eigenvalue weighted by Crippen LogP contribution is 2.48. The van der Waals surface area contributed by atoms with Crippen LogP contribution in [0.1, 0.15) is 72.6 Å². The summed E-state index contributed by atoms with van der Waals surface area (Å²) < 4.78 is 0. The van der Waals surface area contributed by atoms with E-state index in [1.165, 1.54) is 25.7 Å². The molecule has 0 radical (unpaired) electrons. The lowest BCUT2D eigenvalue weighted by Gasteiger charge is -2.52. The van der Waals surface area contributed by atoms with Crippen molar-refractivity contribution in [3.05, 3.63) is 77.9 Å². The molecule has 3 aromatic carbocycles. The number of anilines is 1. The molecule has 1 N–H and O–H groups in total. The average molecular weight is 441 g/mol. The molecule has 3 aromatic rings. The third-order valence-electron chi connectivity index (χ3n) is 7.95. The van der Waals surface area contributed by atoms with E-state index in [9.17, 15) is 9.59 Å². The number of carbonyl (C=O) groups excluding carboxylic acids is 2. The minimum absolute atomic E-state index is 0.131. The molecule has 2 unspecified atom stereocenters. The predicted octanol–water partition coefficient (Wildman–Crippen LogP) is 6.67. The molecule has 2 fully saturated rings. The number of nitrogens with one attached hydrogen (secondary N) is 1. The van der Waals surface area contributed by atoms with Gasteiger partial charge in [-0.3, -0.25) is 9.59 Å². The molecule has 1 saturated carbocycles.